The lowest BCUT2D eigenvalue weighted by Gasteiger charge is -2.18. The Bertz CT molecular complexity index is 1020. The predicted octanol–water partition coefficient (Wildman–Crippen LogP) is 3.49. The first-order valence-corrected chi connectivity index (χ1v) is 11.0. The lowest BCUT2D eigenvalue weighted by Crippen LogP contribution is -2.28. The maximum atomic E-state index is 12.4. The number of carbonyl (C=O) groups is 4. The first kappa shape index (κ1) is 24.0. The Kier molecular flexibility index (Phi) is 8.18. The summed E-state index contributed by atoms with van der Waals surface area (Å²) in [6.45, 7) is 4.04. The number of anilines is 2. The fourth-order valence-corrected chi connectivity index (χ4v) is 3.50. The van der Waals surface area contributed by atoms with Crippen molar-refractivity contribution in [3.8, 4) is 0 Å². The molecule has 2 aromatic carbocycles. The van der Waals surface area contributed by atoms with Gasteiger partial charge in [0, 0.05) is 24.3 Å². The fraction of sp³-hybridized carbons (Fsp3) is 0.360. The van der Waals surface area contributed by atoms with Crippen molar-refractivity contribution in [1.82, 2.24) is 0 Å². The van der Waals surface area contributed by atoms with Gasteiger partial charge in [0.2, 0.25) is 5.91 Å². The molecule has 0 aliphatic carbocycles. The van der Waals surface area contributed by atoms with E-state index in [2.05, 4.69) is 5.32 Å². The standard InChI is InChI=1S/C25H28N2O6/c1-3-4-13-32-24(30)18-9-11-20(12-10-18)26-22(28)16-33-25(31)19-14-23(29)27(15-19)21-8-6-5-7-17(21)2/h5-12,19H,3-4,13-16H2,1-2H3,(H,26,28)/t19-/m1/s1. The van der Waals surface area contributed by atoms with Crippen LogP contribution in [0.3, 0.4) is 0 Å². The van der Waals surface area contributed by atoms with Crippen molar-refractivity contribution in [3.63, 3.8) is 0 Å². The molecule has 1 aliphatic rings. The van der Waals surface area contributed by atoms with Gasteiger partial charge in [0.1, 0.15) is 0 Å². The molecular formula is C25H28N2O6. The number of hydrogen-bond acceptors (Lipinski definition) is 6. The van der Waals surface area contributed by atoms with Gasteiger partial charge in [-0.15, -0.1) is 0 Å². The molecule has 1 aliphatic heterocycles. The van der Waals surface area contributed by atoms with Gasteiger partial charge in [-0.1, -0.05) is 31.5 Å². The maximum Gasteiger partial charge on any atom is 0.338 e. The molecular weight excluding hydrogens is 424 g/mol. The topological polar surface area (TPSA) is 102 Å². The number of unbranched alkanes of at least 4 members (excludes halogenated alkanes) is 1. The van der Waals surface area contributed by atoms with Gasteiger partial charge in [0.25, 0.3) is 5.91 Å². The zero-order chi connectivity index (χ0) is 23.8. The van der Waals surface area contributed by atoms with Crippen LogP contribution in [0.5, 0.6) is 0 Å². The van der Waals surface area contributed by atoms with Crippen LogP contribution in [-0.2, 0) is 23.9 Å². The highest BCUT2D eigenvalue weighted by Crippen LogP contribution is 2.28. The van der Waals surface area contributed by atoms with E-state index in [4.69, 9.17) is 9.47 Å². The van der Waals surface area contributed by atoms with Crippen LogP contribution in [0.4, 0.5) is 11.4 Å². The number of rotatable bonds is 9. The largest absolute Gasteiger partial charge is 0.462 e. The summed E-state index contributed by atoms with van der Waals surface area (Å²) < 4.78 is 10.3. The SMILES string of the molecule is CCCCOC(=O)c1ccc(NC(=O)COC(=O)[C@@H]2CC(=O)N(c3ccccc3C)C2)cc1. The van der Waals surface area contributed by atoms with E-state index in [1.165, 1.54) is 0 Å². The molecule has 1 N–H and O–H groups in total. The maximum absolute atomic E-state index is 12.4. The Morgan fingerprint density at radius 3 is 2.48 bits per heavy atom. The van der Waals surface area contributed by atoms with Crippen LogP contribution >= 0.6 is 0 Å². The number of amides is 2. The number of ether oxygens (including phenoxy) is 2. The molecule has 3 rings (SSSR count). The van der Waals surface area contributed by atoms with Gasteiger partial charge in [0.15, 0.2) is 6.61 Å². The van der Waals surface area contributed by atoms with Crippen LogP contribution in [0, 0.1) is 12.8 Å². The molecule has 1 fully saturated rings. The van der Waals surface area contributed by atoms with Gasteiger partial charge >= 0.3 is 11.9 Å². The Labute approximate surface area is 192 Å². The van der Waals surface area contributed by atoms with E-state index in [1.54, 1.807) is 29.2 Å². The van der Waals surface area contributed by atoms with Crippen LogP contribution in [0.25, 0.3) is 0 Å². The number of nitrogens with one attached hydrogen (secondary N) is 1. The highest BCUT2D eigenvalue weighted by Gasteiger charge is 2.36. The monoisotopic (exact) mass is 452 g/mol. The van der Waals surface area contributed by atoms with Gasteiger partial charge in [-0.2, -0.15) is 0 Å². The molecule has 174 valence electrons. The van der Waals surface area contributed by atoms with Crippen molar-refractivity contribution < 1.29 is 28.7 Å². The summed E-state index contributed by atoms with van der Waals surface area (Å²) in [6, 6.07) is 13.7. The summed E-state index contributed by atoms with van der Waals surface area (Å²) in [7, 11) is 0. The van der Waals surface area contributed by atoms with Crippen molar-refractivity contribution >= 4 is 35.1 Å². The van der Waals surface area contributed by atoms with Crippen molar-refractivity contribution in [1.29, 1.82) is 0 Å². The summed E-state index contributed by atoms with van der Waals surface area (Å²) in [5.41, 5.74) is 2.57. The normalized spacial score (nSPS) is 15.3. The van der Waals surface area contributed by atoms with Gasteiger partial charge in [-0.3, -0.25) is 14.4 Å². The number of hydrogen-bond donors (Lipinski definition) is 1. The minimum Gasteiger partial charge on any atom is -0.462 e. The molecule has 8 heteroatoms. The predicted molar refractivity (Wildman–Crippen MR) is 123 cm³/mol. The van der Waals surface area contributed by atoms with Crippen LogP contribution in [-0.4, -0.2) is 43.5 Å². The van der Waals surface area contributed by atoms with Crippen LogP contribution in [0.15, 0.2) is 48.5 Å². The average molecular weight is 453 g/mol. The van der Waals surface area contributed by atoms with E-state index in [1.807, 2.05) is 38.1 Å². The third kappa shape index (κ3) is 6.41. The second-order valence-corrected chi connectivity index (χ2v) is 7.91. The molecule has 0 spiro atoms. The number of benzene rings is 2. The van der Waals surface area contributed by atoms with Crippen LogP contribution < -0.4 is 10.2 Å². The molecule has 8 nitrogen and oxygen atoms in total. The molecule has 1 saturated heterocycles. The lowest BCUT2D eigenvalue weighted by atomic mass is 10.1. The molecule has 33 heavy (non-hydrogen) atoms. The number of carbonyl (C=O) groups excluding carboxylic acids is 4. The van der Waals surface area contributed by atoms with Gasteiger partial charge in [0.05, 0.1) is 18.1 Å². The molecule has 0 aromatic heterocycles. The summed E-state index contributed by atoms with van der Waals surface area (Å²) in [4.78, 5) is 50.4. The molecule has 0 saturated carbocycles. The molecule has 0 unspecified atom stereocenters. The molecule has 0 bridgehead atoms. The van der Waals surface area contributed by atoms with Crippen molar-refractivity contribution in [3.05, 3.63) is 59.7 Å². The molecule has 2 amide bonds. The zero-order valence-corrected chi connectivity index (χ0v) is 18.8. The van der Waals surface area contributed by atoms with Crippen LogP contribution in [0.2, 0.25) is 0 Å². The third-order valence-corrected chi connectivity index (χ3v) is 5.35. The Hall–Kier alpha value is -3.68. The van der Waals surface area contributed by atoms with Crippen molar-refractivity contribution in [2.45, 2.75) is 33.1 Å². The van der Waals surface area contributed by atoms with E-state index < -0.39 is 30.4 Å². The van der Waals surface area contributed by atoms with E-state index in [9.17, 15) is 19.2 Å². The van der Waals surface area contributed by atoms with Crippen LogP contribution in [0.1, 0.15) is 42.1 Å². The summed E-state index contributed by atoms with van der Waals surface area (Å²) >= 11 is 0. The number of nitrogens with zero attached hydrogens (tertiary/aromatic N) is 1. The minimum atomic E-state index is -0.622. The summed E-state index contributed by atoms with van der Waals surface area (Å²) in [5.74, 6) is -2.28. The molecule has 1 heterocycles. The van der Waals surface area contributed by atoms with E-state index in [0.717, 1.165) is 24.1 Å². The highest BCUT2D eigenvalue weighted by atomic mass is 16.5. The summed E-state index contributed by atoms with van der Waals surface area (Å²) in [5, 5.41) is 2.61. The quantitative estimate of drug-likeness (QED) is 0.462. The van der Waals surface area contributed by atoms with Crippen molar-refractivity contribution in [2.24, 2.45) is 5.92 Å². The highest BCUT2D eigenvalue weighted by molar-refractivity contribution is 6.00. The molecule has 0 radical (unpaired) electrons. The third-order valence-electron chi connectivity index (χ3n) is 5.35. The smallest absolute Gasteiger partial charge is 0.338 e. The Morgan fingerprint density at radius 2 is 1.79 bits per heavy atom. The molecule has 2 aromatic rings. The minimum absolute atomic E-state index is 0.0462. The van der Waals surface area contributed by atoms with E-state index in [0.29, 0.717) is 17.9 Å². The van der Waals surface area contributed by atoms with Gasteiger partial charge in [-0.25, -0.2) is 4.79 Å². The number of aryl methyl sites for hydroxylation is 1. The zero-order valence-electron chi connectivity index (χ0n) is 18.8. The fourth-order valence-electron chi connectivity index (χ4n) is 3.50. The summed E-state index contributed by atoms with van der Waals surface area (Å²) in [6.07, 6.45) is 1.78. The Balaban J connectivity index is 1.46. The average Bonchev–Trinajstić information content (AvgIpc) is 3.20. The lowest BCUT2D eigenvalue weighted by molar-refractivity contribution is -0.151. The Morgan fingerprint density at radius 1 is 1.06 bits per heavy atom. The van der Waals surface area contributed by atoms with Crippen molar-refractivity contribution in [2.75, 3.05) is 30.0 Å². The van der Waals surface area contributed by atoms with Gasteiger partial charge < -0.3 is 19.7 Å². The molecule has 1 atom stereocenters. The van der Waals surface area contributed by atoms with Gasteiger partial charge in [-0.05, 0) is 49.2 Å². The second kappa shape index (κ2) is 11.3. The van der Waals surface area contributed by atoms with E-state index >= 15 is 0 Å². The number of para-hydroxylation sites is 1. The number of esters is 2. The second-order valence-electron chi connectivity index (χ2n) is 7.91. The first-order valence-electron chi connectivity index (χ1n) is 11.0. The first-order chi connectivity index (χ1) is 15.9. The van der Waals surface area contributed by atoms with E-state index in [-0.39, 0.29) is 18.9 Å².